The Morgan fingerprint density at radius 1 is 1.22 bits per heavy atom. The first-order valence-electron chi connectivity index (χ1n) is 7.10. The largest absolute Gasteiger partial charge is 0.294 e. The summed E-state index contributed by atoms with van der Waals surface area (Å²) in [4.78, 5) is 12.3. The normalized spacial score (nSPS) is 17.1. The number of ketones is 1. The first kappa shape index (κ1) is 13.3. The van der Waals surface area contributed by atoms with E-state index in [1.165, 1.54) is 31.2 Å². The second-order valence-electron chi connectivity index (χ2n) is 6.61. The van der Waals surface area contributed by atoms with E-state index in [1.54, 1.807) is 0 Å². The predicted octanol–water partition coefficient (Wildman–Crippen LogP) is 4.75. The number of hydrogen-bond donors (Lipinski definition) is 0. The second-order valence-corrected chi connectivity index (χ2v) is 6.61. The summed E-state index contributed by atoms with van der Waals surface area (Å²) in [5.74, 6) is 0.962. The van der Waals surface area contributed by atoms with Gasteiger partial charge in [0.1, 0.15) is 0 Å². The van der Waals surface area contributed by atoms with Gasteiger partial charge in [-0.1, -0.05) is 64.7 Å². The molecule has 0 amide bonds. The van der Waals surface area contributed by atoms with Crippen molar-refractivity contribution in [1.82, 2.24) is 0 Å². The molecule has 98 valence electrons. The van der Waals surface area contributed by atoms with Crippen LogP contribution in [-0.4, -0.2) is 5.78 Å². The standard InChI is InChI=1S/C17H24O/c1-17(2,3)15-10-6-9-14(12-15)16(18)11-13-7-4-5-8-13/h6,9-10,12-13H,4-5,7-8,11H2,1-3H3. The van der Waals surface area contributed by atoms with Crippen LogP contribution in [0.1, 0.15) is 68.8 Å². The zero-order chi connectivity index (χ0) is 13.2. The van der Waals surface area contributed by atoms with E-state index in [2.05, 4.69) is 32.9 Å². The fourth-order valence-corrected chi connectivity index (χ4v) is 2.75. The van der Waals surface area contributed by atoms with Crippen molar-refractivity contribution in [2.45, 2.75) is 58.3 Å². The molecule has 1 aliphatic rings. The van der Waals surface area contributed by atoms with Crippen LogP contribution in [0.25, 0.3) is 0 Å². The van der Waals surface area contributed by atoms with Crippen LogP contribution >= 0.6 is 0 Å². The van der Waals surface area contributed by atoms with E-state index in [1.807, 2.05) is 12.1 Å². The molecular formula is C17H24O. The summed E-state index contributed by atoms with van der Waals surface area (Å²) in [5.41, 5.74) is 2.26. The van der Waals surface area contributed by atoms with Crippen LogP contribution in [0, 0.1) is 5.92 Å². The van der Waals surface area contributed by atoms with Crippen LogP contribution < -0.4 is 0 Å². The molecule has 0 aliphatic heterocycles. The van der Waals surface area contributed by atoms with Gasteiger partial charge in [-0.05, 0) is 23.0 Å². The average molecular weight is 244 g/mol. The van der Waals surface area contributed by atoms with Gasteiger partial charge in [0.05, 0.1) is 0 Å². The van der Waals surface area contributed by atoms with E-state index >= 15 is 0 Å². The molecule has 18 heavy (non-hydrogen) atoms. The van der Waals surface area contributed by atoms with Crippen LogP contribution in [-0.2, 0) is 5.41 Å². The molecule has 1 aliphatic carbocycles. The Hall–Kier alpha value is -1.11. The van der Waals surface area contributed by atoms with E-state index in [9.17, 15) is 4.79 Å². The highest BCUT2D eigenvalue weighted by Crippen LogP contribution is 2.29. The lowest BCUT2D eigenvalue weighted by molar-refractivity contribution is 0.0962. The van der Waals surface area contributed by atoms with Gasteiger partial charge in [0.2, 0.25) is 0 Å². The molecule has 0 heterocycles. The van der Waals surface area contributed by atoms with E-state index in [4.69, 9.17) is 0 Å². The molecule has 0 N–H and O–H groups in total. The molecular weight excluding hydrogens is 220 g/mol. The van der Waals surface area contributed by atoms with Gasteiger partial charge in [-0.3, -0.25) is 4.79 Å². The van der Waals surface area contributed by atoms with E-state index in [0.717, 1.165) is 12.0 Å². The Balaban J connectivity index is 2.10. The maximum absolute atomic E-state index is 12.3. The van der Waals surface area contributed by atoms with Crippen molar-refractivity contribution in [1.29, 1.82) is 0 Å². The average Bonchev–Trinajstić information content (AvgIpc) is 2.81. The highest BCUT2D eigenvalue weighted by atomic mass is 16.1. The molecule has 2 rings (SSSR count). The fourth-order valence-electron chi connectivity index (χ4n) is 2.75. The van der Waals surface area contributed by atoms with Crippen molar-refractivity contribution in [3.8, 4) is 0 Å². The van der Waals surface area contributed by atoms with Gasteiger partial charge in [0.15, 0.2) is 5.78 Å². The number of carbonyl (C=O) groups excluding carboxylic acids is 1. The fraction of sp³-hybridized carbons (Fsp3) is 0.588. The monoisotopic (exact) mass is 244 g/mol. The van der Waals surface area contributed by atoms with Gasteiger partial charge < -0.3 is 0 Å². The van der Waals surface area contributed by atoms with Crippen molar-refractivity contribution < 1.29 is 4.79 Å². The summed E-state index contributed by atoms with van der Waals surface area (Å²) in [6.45, 7) is 6.56. The molecule has 1 saturated carbocycles. The summed E-state index contributed by atoms with van der Waals surface area (Å²) in [6.07, 6.45) is 5.84. The molecule has 1 heteroatoms. The molecule has 0 saturated heterocycles. The SMILES string of the molecule is CC(C)(C)c1cccc(C(=O)CC2CCCC2)c1. The highest BCUT2D eigenvalue weighted by Gasteiger charge is 2.20. The zero-order valence-electron chi connectivity index (χ0n) is 11.8. The Labute approximate surface area is 111 Å². The van der Waals surface area contributed by atoms with E-state index < -0.39 is 0 Å². The third-order valence-electron chi connectivity index (χ3n) is 4.00. The molecule has 0 spiro atoms. The highest BCUT2D eigenvalue weighted by molar-refractivity contribution is 5.96. The smallest absolute Gasteiger partial charge is 0.163 e. The molecule has 0 atom stereocenters. The molecule has 0 aromatic heterocycles. The molecule has 1 fully saturated rings. The Morgan fingerprint density at radius 3 is 2.50 bits per heavy atom. The minimum atomic E-state index is 0.115. The topological polar surface area (TPSA) is 17.1 Å². The number of Topliss-reactive ketones (excluding diaryl/α,β-unsaturated/α-hetero) is 1. The first-order valence-corrected chi connectivity index (χ1v) is 7.10. The number of rotatable bonds is 3. The third kappa shape index (κ3) is 3.22. The van der Waals surface area contributed by atoms with Crippen LogP contribution in [0.5, 0.6) is 0 Å². The van der Waals surface area contributed by atoms with Crippen LogP contribution in [0.4, 0.5) is 0 Å². The second kappa shape index (κ2) is 5.26. The first-order chi connectivity index (χ1) is 8.47. The molecule has 0 unspecified atom stereocenters. The van der Waals surface area contributed by atoms with Crippen molar-refractivity contribution in [2.75, 3.05) is 0 Å². The van der Waals surface area contributed by atoms with Crippen LogP contribution in [0.15, 0.2) is 24.3 Å². The van der Waals surface area contributed by atoms with Gasteiger partial charge in [-0.2, -0.15) is 0 Å². The van der Waals surface area contributed by atoms with Gasteiger partial charge in [0.25, 0.3) is 0 Å². The van der Waals surface area contributed by atoms with Crippen molar-refractivity contribution in [3.05, 3.63) is 35.4 Å². The Morgan fingerprint density at radius 2 is 1.89 bits per heavy atom. The molecule has 1 aromatic rings. The van der Waals surface area contributed by atoms with Crippen molar-refractivity contribution >= 4 is 5.78 Å². The Bertz CT molecular complexity index is 419. The number of carbonyl (C=O) groups is 1. The lowest BCUT2D eigenvalue weighted by Gasteiger charge is -2.19. The minimum absolute atomic E-state index is 0.115. The molecule has 1 nitrogen and oxygen atoms in total. The third-order valence-corrected chi connectivity index (χ3v) is 4.00. The summed E-state index contributed by atoms with van der Waals surface area (Å²) in [7, 11) is 0. The van der Waals surface area contributed by atoms with Crippen molar-refractivity contribution in [2.24, 2.45) is 5.92 Å². The maximum atomic E-state index is 12.3. The summed E-state index contributed by atoms with van der Waals surface area (Å²) in [6, 6.07) is 8.18. The predicted molar refractivity (Wildman–Crippen MR) is 76.0 cm³/mol. The minimum Gasteiger partial charge on any atom is -0.294 e. The molecule has 0 bridgehead atoms. The van der Waals surface area contributed by atoms with Gasteiger partial charge in [-0.25, -0.2) is 0 Å². The quantitative estimate of drug-likeness (QED) is 0.701. The van der Waals surface area contributed by atoms with Gasteiger partial charge >= 0.3 is 0 Å². The van der Waals surface area contributed by atoms with Crippen LogP contribution in [0.2, 0.25) is 0 Å². The molecule has 0 radical (unpaired) electrons. The maximum Gasteiger partial charge on any atom is 0.163 e. The summed E-state index contributed by atoms with van der Waals surface area (Å²) < 4.78 is 0. The van der Waals surface area contributed by atoms with Gasteiger partial charge in [-0.15, -0.1) is 0 Å². The lowest BCUT2D eigenvalue weighted by atomic mass is 9.85. The van der Waals surface area contributed by atoms with E-state index in [0.29, 0.717) is 11.7 Å². The van der Waals surface area contributed by atoms with E-state index in [-0.39, 0.29) is 5.41 Å². The van der Waals surface area contributed by atoms with Crippen molar-refractivity contribution in [3.63, 3.8) is 0 Å². The lowest BCUT2D eigenvalue weighted by Crippen LogP contribution is -2.13. The summed E-state index contributed by atoms with van der Waals surface area (Å²) in [5, 5.41) is 0. The van der Waals surface area contributed by atoms with Crippen LogP contribution in [0.3, 0.4) is 0 Å². The number of hydrogen-bond acceptors (Lipinski definition) is 1. The Kier molecular flexibility index (Phi) is 3.89. The van der Waals surface area contributed by atoms with Gasteiger partial charge in [0, 0.05) is 12.0 Å². The zero-order valence-corrected chi connectivity index (χ0v) is 11.8. The number of benzene rings is 1. The summed E-state index contributed by atoms with van der Waals surface area (Å²) >= 11 is 0. The molecule has 1 aromatic carbocycles.